The van der Waals surface area contributed by atoms with E-state index in [1.807, 2.05) is 18.2 Å². The van der Waals surface area contributed by atoms with Gasteiger partial charge in [-0.05, 0) is 18.2 Å². The molecule has 0 radical (unpaired) electrons. The number of nitrogens with zero attached hydrogens (tertiary/aromatic N) is 2. The summed E-state index contributed by atoms with van der Waals surface area (Å²) in [6, 6.07) is 5.58. The quantitative estimate of drug-likeness (QED) is 0.691. The van der Waals surface area contributed by atoms with Crippen LogP contribution >= 0.6 is 11.6 Å². The lowest BCUT2D eigenvalue weighted by molar-refractivity contribution is 1.19. The molecule has 0 aliphatic heterocycles. The van der Waals surface area contributed by atoms with Gasteiger partial charge in [-0.15, -0.1) is 0 Å². The summed E-state index contributed by atoms with van der Waals surface area (Å²) in [6.45, 7) is 3.60. The highest BCUT2D eigenvalue weighted by Gasteiger charge is 1.99. The summed E-state index contributed by atoms with van der Waals surface area (Å²) < 4.78 is 0. The number of halogens is 1. The van der Waals surface area contributed by atoms with Gasteiger partial charge in [-0.3, -0.25) is 0 Å². The van der Waals surface area contributed by atoms with Crippen LogP contribution in [0.5, 0.6) is 0 Å². The normalized spacial score (nSPS) is 10.2. The minimum Gasteiger partial charge on any atom is -0.236 e. The molecule has 2 nitrogen and oxygen atoms in total. The number of hydrogen-bond donors (Lipinski definition) is 0. The zero-order valence-corrected chi connectivity index (χ0v) is 7.62. The fraction of sp³-hybridized carbons (Fsp3) is 0. The van der Waals surface area contributed by atoms with Crippen molar-refractivity contribution in [3.05, 3.63) is 41.8 Å². The largest absolute Gasteiger partial charge is 0.236 e. The Labute approximate surface area is 80.9 Å². The van der Waals surface area contributed by atoms with E-state index in [1.54, 1.807) is 12.3 Å². The molecule has 0 fully saturated rings. The standard InChI is InChI=1S/C10H7ClN2/c1-2-10-12-6-7-8(11)4-3-5-9(7)13-10/h2-6H,1H2. The van der Waals surface area contributed by atoms with Crippen LogP contribution in [0.1, 0.15) is 5.82 Å². The van der Waals surface area contributed by atoms with E-state index < -0.39 is 0 Å². The molecule has 0 aliphatic carbocycles. The maximum Gasteiger partial charge on any atom is 0.151 e. The van der Waals surface area contributed by atoms with Gasteiger partial charge in [-0.1, -0.05) is 24.2 Å². The lowest BCUT2D eigenvalue weighted by atomic mass is 10.2. The molecular formula is C10H7ClN2. The average molecular weight is 191 g/mol. The molecule has 0 aliphatic rings. The molecule has 0 saturated carbocycles. The zero-order valence-electron chi connectivity index (χ0n) is 6.87. The second kappa shape index (κ2) is 3.15. The molecule has 0 spiro atoms. The summed E-state index contributed by atoms with van der Waals surface area (Å²) in [4.78, 5) is 8.31. The summed E-state index contributed by atoms with van der Waals surface area (Å²) in [5.74, 6) is 0.620. The molecule has 1 heterocycles. The van der Waals surface area contributed by atoms with Crippen molar-refractivity contribution >= 4 is 28.6 Å². The van der Waals surface area contributed by atoms with Crippen molar-refractivity contribution in [2.24, 2.45) is 0 Å². The van der Waals surface area contributed by atoms with E-state index in [0.717, 1.165) is 10.9 Å². The van der Waals surface area contributed by atoms with Crippen molar-refractivity contribution < 1.29 is 0 Å². The van der Waals surface area contributed by atoms with Crippen molar-refractivity contribution in [2.75, 3.05) is 0 Å². The zero-order chi connectivity index (χ0) is 9.26. The van der Waals surface area contributed by atoms with Crippen LogP contribution in [0.2, 0.25) is 5.02 Å². The summed E-state index contributed by atoms with van der Waals surface area (Å²) >= 11 is 5.95. The van der Waals surface area contributed by atoms with E-state index in [-0.39, 0.29) is 0 Å². The molecule has 13 heavy (non-hydrogen) atoms. The van der Waals surface area contributed by atoms with Gasteiger partial charge in [0.15, 0.2) is 5.82 Å². The Kier molecular flexibility index (Phi) is 1.99. The molecule has 2 rings (SSSR count). The summed E-state index contributed by atoms with van der Waals surface area (Å²) in [5.41, 5.74) is 0.845. The van der Waals surface area contributed by atoms with Crippen molar-refractivity contribution in [3.8, 4) is 0 Å². The van der Waals surface area contributed by atoms with Gasteiger partial charge in [0.1, 0.15) is 0 Å². The Morgan fingerprint density at radius 1 is 1.38 bits per heavy atom. The first kappa shape index (κ1) is 8.20. The van der Waals surface area contributed by atoms with Gasteiger partial charge in [-0.2, -0.15) is 0 Å². The summed E-state index contributed by atoms with van der Waals surface area (Å²) in [7, 11) is 0. The molecule has 0 unspecified atom stereocenters. The van der Waals surface area contributed by atoms with Crippen LogP contribution in [0.15, 0.2) is 31.0 Å². The van der Waals surface area contributed by atoms with Crippen molar-refractivity contribution in [2.45, 2.75) is 0 Å². The number of rotatable bonds is 1. The Hall–Kier alpha value is -1.41. The Morgan fingerprint density at radius 3 is 3.00 bits per heavy atom. The molecular weight excluding hydrogens is 184 g/mol. The van der Waals surface area contributed by atoms with E-state index in [4.69, 9.17) is 11.6 Å². The van der Waals surface area contributed by atoms with Gasteiger partial charge in [0.2, 0.25) is 0 Å². The van der Waals surface area contributed by atoms with Crippen LogP contribution < -0.4 is 0 Å². The highest BCUT2D eigenvalue weighted by Crippen LogP contribution is 2.20. The average Bonchev–Trinajstić information content (AvgIpc) is 2.18. The highest BCUT2D eigenvalue weighted by atomic mass is 35.5. The molecule has 1 aromatic heterocycles. The maximum absolute atomic E-state index is 5.95. The van der Waals surface area contributed by atoms with Gasteiger partial charge >= 0.3 is 0 Å². The van der Waals surface area contributed by atoms with E-state index in [9.17, 15) is 0 Å². The van der Waals surface area contributed by atoms with Crippen LogP contribution in [0.25, 0.3) is 17.0 Å². The van der Waals surface area contributed by atoms with Crippen molar-refractivity contribution in [3.63, 3.8) is 0 Å². The van der Waals surface area contributed by atoms with Gasteiger partial charge in [0.25, 0.3) is 0 Å². The van der Waals surface area contributed by atoms with E-state index in [2.05, 4.69) is 16.5 Å². The molecule has 0 bridgehead atoms. The third-order valence-electron chi connectivity index (χ3n) is 1.77. The van der Waals surface area contributed by atoms with E-state index in [1.165, 1.54) is 0 Å². The second-order valence-electron chi connectivity index (χ2n) is 2.60. The number of fused-ring (bicyclic) bond motifs is 1. The Balaban J connectivity index is 2.79. The number of hydrogen-bond acceptors (Lipinski definition) is 2. The van der Waals surface area contributed by atoms with Crippen molar-refractivity contribution in [1.82, 2.24) is 9.97 Å². The minimum absolute atomic E-state index is 0.620. The molecule has 0 amide bonds. The third-order valence-corrected chi connectivity index (χ3v) is 2.10. The predicted molar refractivity (Wildman–Crippen MR) is 54.6 cm³/mol. The molecule has 3 heteroatoms. The minimum atomic E-state index is 0.620. The van der Waals surface area contributed by atoms with Crippen LogP contribution in [0, 0.1) is 0 Å². The van der Waals surface area contributed by atoms with Crippen LogP contribution in [-0.2, 0) is 0 Å². The molecule has 64 valence electrons. The summed E-state index contributed by atoms with van der Waals surface area (Å²) in [6.07, 6.45) is 3.32. The number of benzene rings is 1. The monoisotopic (exact) mass is 190 g/mol. The van der Waals surface area contributed by atoms with Gasteiger partial charge in [0, 0.05) is 11.6 Å². The fourth-order valence-electron chi connectivity index (χ4n) is 1.13. The topological polar surface area (TPSA) is 25.8 Å². The first-order valence-electron chi connectivity index (χ1n) is 3.85. The van der Waals surface area contributed by atoms with E-state index >= 15 is 0 Å². The summed E-state index contributed by atoms with van der Waals surface area (Å²) in [5, 5.41) is 1.54. The smallest absolute Gasteiger partial charge is 0.151 e. The lowest BCUT2D eigenvalue weighted by Crippen LogP contribution is -1.87. The fourth-order valence-corrected chi connectivity index (χ4v) is 1.35. The number of aromatic nitrogens is 2. The first-order valence-corrected chi connectivity index (χ1v) is 4.23. The van der Waals surface area contributed by atoms with Crippen LogP contribution in [0.3, 0.4) is 0 Å². The molecule has 0 atom stereocenters. The molecule has 0 saturated heterocycles. The molecule has 2 aromatic rings. The van der Waals surface area contributed by atoms with Crippen molar-refractivity contribution in [1.29, 1.82) is 0 Å². The van der Waals surface area contributed by atoms with E-state index in [0.29, 0.717) is 10.8 Å². The van der Waals surface area contributed by atoms with Gasteiger partial charge in [-0.25, -0.2) is 9.97 Å². The van der Waals surface area contributed by atoms with Gasteiger partial charge in [0.05, 0.1) is 10.5 Å². The SMILES string of the molecule is C=Cc1ncc2c(Cl)cccc2n1. The van der Waals surface area contributed by atoms with Crippen LogP contribution in [0.4, 0.5) is 0 Å². The van der Waals surface area contributed by atoms with Crippen LogP contribution in [-0.4, -0.2) is 9.97 Å². The van der Waals surface area contributed by atoms with Gasteiger partial charge < -0.3 is 0 Å². The molecule has 1 aromatic carbocycles. The Morgan fingerprint density at radius 2 is 2.23 bits per heavy atom. The maximum atomic E-state index is 5.95. The first-order chi connectivity index (χ1) is 6.31. The Bertz CT molecular complexity index is 465. The predicted octanol–water partition coefficient (Wildman–Crippen LogP) is 2.93. The molecule has 0 N–H and O–H groups in total. The second-order valence-corrected chi connectivity index (χ2v) is 3.01. The highest BCUT2D eigenvalue weighted by molar-refractivity contribution is 6.35. The third kappa shape index (κ3) is 1.40. The lowest BCUT2D eigenvalue weighted by Gasteiger charge is -1.99.